The topological polar surface area (TPSA) is 125 Å². The highest BCUT2D eigenvalue weighted by Gasteiger charge is 2.32. The van der Waals surface area contributed by atoms with Crippen LogP contribution in [0.1, 0.15) is 29.5 Å². The molecule has 0 aliphatic carbocycles. The normalized spacial score (nSPS) is 18.4. The molecule has 1 aliphatic heterocycles. The van der Waals surface area contributed by atoms with Crippen LogP contribution in [0, 0.1) is 13.8 Å². The fourth-order valence-electron chi connectivity index (χ4n) is 4.11. The van der Waals surface area contributed by atoms with Crippen molar-refractivity contribution in [3.63, 3.8) is 0 Å². The second-order valence-corrected chi connectivity index (χ2v) is 8.62. The number of amides is 3. The Hall–Kier alpha value is -3.23. The van der Waals surface area contributed by atoms with Crippen LogP contribution in [0.25, 0.3) is 0 Å². The van der Waals surface area contributed by atoms with E-state index in [9.17, 15) is 14.4 Å². The number of nitrogens with one attached hydrogen (secondary N) is 4. The lowest BCUT2D eigenvalue weighted by Crippen LogP contribution is -2.50. The van der Waals surface area contributed by atoms with Crippen molar-refractivity contribution in [3.05, 3.63) is 65.2 Å². The molecule has 0 unspecified atom stereocenters. The van der Waals surface area contributed by atoms with Crippen LogP contribution in [0.4, 0.5) is 5.69 Å². The first-order valence-electron chi connectivity index (χ1n) is 11.3. The standard InChI is InChI=1S/C25H33N5O3/c1-16-10-17(2)12-19(11-16)29-24(32)21(9-8-18-6-4-3-5-7-18)30-25(33)22-13-20(15-27-22)28-23(31)14-26/h3-7,10-12,20-22,27H,8-9,13-15,26H2,1-2H3,(H,28,31)(H,29,32)(H,30,33)/t20-,21-,22+/m1/s1. The fourth-order valence-corrected chi connectivity index (χ4v) is 4.11. The molecule has 3 amide bonds. The number of hydrogen-bond donors (Lipinski definition) is 5. The summed E-state index contributed by atoms with van der Waals surface area (Å²) in [6.45, 7) is 4.34. The quantitative estimate of drug-likeness (QED) is 0.391. The van der Waals surface area contributed by atoms with Crippen molar-refractivity contribution >= 4 is 23.4 Å². The Labute approximate surface area is 194 Å². The molecule has 1 aliphatic rings. The summed E-state index contributed by atoms with van der Waals surface area (Å²) in [7, 11) is 0. The molecule has 2 aromatic carbocycles. The van der Waals surface area contributed by atoms with Gasteiger partial charge in [0.1, 0.15) is 6.04 Å². The van der Waals surface area contributed by atoms with Crippen molar-refractivity contribution in [2.24, 2.45) is 5.73 Å². The molecular formula is C25H33N5O3. The third-order valence-electron chi connectivity index (χ3n) is 5.68. The third-order valence-corrected chi connectivity index (χ3v) is 5.68. The molecule has 3 atom stereocenters. The van der Waals surface area contributed by atoms with Gasteiger partial charge in [0.15, 0.2) is 0 Å². The molecule has 1 heterocycles. The molecule has 0 aromatic heterocycles. The predicted octanol–water partition coefficient (Wildman–Crippen LogP) is 1.16. The van der Waals surface area contributed by atoms with Crippen molar-refractivity contribution in [3.8, 4) is 0 Å². The molecule has 1 fully saturated rings. The van der Waals surface area contributed by atoms with Gasteiger partial charge in [-0.2, -0.15) is 0 Å². The van der Waals surface area contributed by atoms with E-state index in [1.165, 1.54) is 0 Å². The average molecular weight is 452 g/mol. The molecule has 1 saturated heterocycles. The lowest BCUT2D eigenvalue weighted by atomic mass is 10.0. The van der Waals surface area contributed by atoms with Gasteiger partial charge in [-0.15, -0.1) is 0 Å². The van der Waals surface area contributed by atoms with Gasteiger partial charge in [0.2, 0.25) is 17.7 Å². The first-order chi connectivity index (χ1) is 15.8. The molecule has 6 N–H and O–H groups in total. The summed E-state index contributed by atoms with van der Waals surface area (Å²) in [5.41, 5.74) is 9.26. The van der Waals surface area contributed by atoms with E-state index in [4.69, 9.17) is 5.73 Å². The fraction of sp³-hybridized carbons (Fsp3) is 0.400. The van der Waals surface area contributed by atoms with Gasteiger partial charge in [0, 0.05) is 18.3 Å². The minimum atomic E-state index is -0.696. The molecule has 2 aromatic rings. The van der Waals surface area contributed by atoms with Crippen LogP contribution < -0.4 is 27.0 Å². The minimum Gasteiger partial charge on any atom is -0.351 e. The molecule has 0 bridgehead atoms. The Morgan fingerprint density at radius 2 is 1.79 bits per heavy atom. The van der Waals surface area contributed by atoms with Crippen molar-refractivity contribution in [1.29, 1.82) is 0 Å². The highest BCUT2D eigenvalue weighted by Crippen LogP contribution is 2.15. The Balaban J connectivity index is 1.66. The number of rotatable bonds is 9. The second kappa shape index (κ2) is 11.6. The Kier molecular flexibility index (Phi) is 8.57. The summed E-state index contributed by atoms with van der Waals surface area (Å²) in [5.74, 6) is -0.764. The summed E-state index contributed by atoms with van der Waals surface area (Å²) in [4.78, 5) is 37.6. The number of hydrogen-bond acceptors (Lipinski definition) is 5. The van der Waals surface area contributed by atoms with Gasteiger partial charge in [-0.3, -0.25) is 14.4 Å². The van der Waals surface area contributed by atoms with Crippen LogP contribution >= 0.6 is 0 Å². The van der Waals surface area contributed by atoms with Crippen molar-refractivity contribution in [2.75, 3.05) is 18.4 Å². The first-order valence-corrected chi connectivity index (χ1v) is 11.3. The van der Waals surface area contributed by atoms with Gasteiger partial charge >= 0.3 is 0 Å². The summed E-state index contributed by atoms with van der Waals surface area (Å²) >= 11 is 0. The van der Waals surface area contributed by atoms with E-state index in [2.05, 4.69) is 21.3 Å². The van der Waals surface area contributed by atoms with Crippen LogP contribution in [-0.2, 0) is 20.8 Å². The zero-order chi connectivity index (χ0) is 23.8. The maximum absolute atomic E-state index is 13.1. The van der Waals surface area contributed by atoms with Gasteiger partial charge in [0.05, 0.1) is 12.6 Å². The SMILES string of the molecule is Cc1cc(C)cc(NC(=O)[C@@H](CCc2ccccc2)NC(=O)[C@@H]2C[C@@H](NC(=O)CN)CN2)c1. The Bertz CT molecular complexity index is 959. The number of carbonyl (C=O) groups excluding carboxylic acids is 3. The maximum Gasteiger partial charge on any atom is 0.246 e. The number of benzene rings is 2. The number of aryl methyl sites for hydroxylation is 3. The highest BCUT2D eigenvalue weighted by atomic mass is 16.2. The van der Waals surface area contributed by atoms with E-state index in [0.717, 1.165) is 16.7 Å². The Morgan fingerprint density at radius 3 is 2.45 bits per heavy atom. The number of carbonyl (C=O) groups is 3. The largest absolute Gasteiger partial charge is 0.351 e. The van der Waals surface area contributed by atoms with Crippen LogP contribution in [0.5, 0.6) is 0 Å². The molecule has 176 valence electrons. The summed E-state index contributed by atoms with van der Waals surface area (Å²) in [6, 6.07) is 14.4. The van der Waals surface area contributed by atoms with Gasteiger partial charge in [-0.25, -0.2) is 0 Å². The van der Waals surface area contributed by atoms with Crippen molar-refractivity contribution < 1.29 is 14.4 Å². The molecule has 3 rings (SSSR count). The molecule has 0 radical (unpaired) electrons. The van der Waals surface area contributed by atoms with Crippen molar-refractivity contribution in [2.45, 2.75) is 51.2 Å². The monoisotopic (exact) mass is 451 g/mol. The predicted molar refractivity (Wildman–Crippen MR) is 129 cm³/mol. The van der Waals surface area contributed by atoms with E-state index in [1.807, 2.05) is 62.4 Å². The third kappa shape index (κ3) is 7.40. The number of anilines is 1. The lowest BCUT2D eigenvalue weighted by Gasteiger charge is -2.21. The molecule has 8 nitrogen and oxygen atoms in total. The zero-order valence-electron chi connectivity index (χ0n) is 19.2. The molecule has 0 spiro atoms. The van der Waals surface area contributed by atoms with E-state index in [1.54, 1.807) is 0 Å². The van der Waals surface area contributed by atoms with E-state index < -0.39 is 12.1 Å². The van der Waals surface area contributed by atoms with E-state index in [0.29, 0.717) is 31.5 Å². The zero-order valence-corrected chi connectivity index (χ0v) is 19.2. The highest BCUT2D eigenvalue weighted by molar-refractivity contribution is 5.98. The first kappa shape index (κ1) is 24.4. The van der Waals surface area contributed by atoms with Crippen LogP contribution in [0.2, 0.25) is 0 Å². The van der Waals surface area contributed by atoms with Crippen LogP contribution in [0.3, 0.4) is 0 Å². The average Bonchev–Trinajstić information content (AvgIpc) is 3.24. The van der Waals surface area contributed by atoms with Gasteiger partial charge in [0.25, 0.3) is 0 Å². The van der Waals surface area contributed by atoms with E-state index >= 15 is 0 Å². The molecule has 0 saturated carbocycles. The van der Waals surface area contributed by atoms with Gasteiger partial charge in [-0.05, 0) is 61.9 Å². The van der Waals surface area contributed by atoms with Crippen LogP contribution in [-0.4, -0.2) is 48.9 Å². The molecule has 8 heteroatoms. The lowest BCUT2D eigenvalue weighted by molar-refractivity contribution is -0.127. The van der Waals surface area contributed by atoms with Gasteiger partial charge < -0.3 is 27.0 Å². The maximum atomic E-state index is 13.1. The van der Waals surface area contributed by atoms with Crippen molar-refractivity contribution in [1.82, 2.24) is 16.0 Å². The summed E-state index contributed by atoms with van der Waals surface area (Å²) in [5, 5.41) is 11.8. The Morgan fingerprint density at radius 1 is 1.09 bits per heavy atom. The summed E-state index contributed by atoms with van der Waals surface area (Å²) in [6.07, 6.45) is 1.56. The number of nitrogens with two attached hydrogens (primary N) is 1. The second-order valence-electron chi connectivity index (χ2n) is 8.62. The molecular weight excluding hydrogens is 418 g/mol. The van der Waals surface area contributed by atoms with Crippen LogP contribution in [0.15, 0.2) is 48.5 Å². The minimum absolute atomic E-state index is 0.0898. The smallest absolute Gasteiger partial charge is 0.246 e. The summed E-state index contributed by atoms with van der Waals surface area (Å²) < 4.78 is 0. The van der Waals surface area contributed by atoms with E-state index in [-0.39, 0.29) is 30.3 Å². The molecule has 33 heavy (non-hydrogen) atoms. The van der Waals surface area contributed by atoms with Gasteiger partial charge in [-0.1, -0.05) is 36.4 Å².